The molecule has 9 heteroatoms. The number of likely N-dealkylation sites (N-methyl/N-ethyl adjacent to an activating group) is 1. The molecular formula is C8H5I2NNa2O4. The van der Waals surface area contributed by atoms with E-state index in [-0.39, 0.29) is 76.9 Å². The van der Waals surface area contributed by atoms with Gasteiger partial charge in [-0.2, -0.15) is 0 Å². The normalized spacial score (nSPS) is 15.1. The third-order valence-electron chi connectivity index (χ3n) is 1.88. The molecule has 82 valence electrons. The number of aliphatic carboxylic acids is 2. The second-order valence-corrected chi connectivity index (χ2v) is 5.42. The van der Waals surface area contributed by atoms with Gasteiger partial charge in [0.2, 0.25) is 0 Å². The summed E-state index contributed by atoms with van der Waals surface area (Å²) >= 11 is 3.73. The molecule has 1 aliphatic heterocycles. The van der Waals surface area contributed by atoms with Crippen LogP contribution in [0.4, 0.5) is 0 Å². The Morgan fingerprint density at radius 2 is 1.35 bits per heavy atom. The average molecular weight is 479 g/mol. The molecule has 0 bridgehead atoms. The molecule has 5 nitrogen and oxygen atoms in total. The van der Waals surface area contributed by atoms with E-state index in [0.29, 0.717) is 7.16 Å². The van der Waals surface area contributed by atoms with Crippen LogP contribution in [-0.4, -0.2) is 23.9 Å². The number of carbonyl (C=O) groups excluding carboxylic acids is 2. The van der Waals surface area contributed by atoms with Crippen LogP contribution < -0.4 is 69.3 Å². The number of nitrogens with zero attached hydrogens (tertiary/aromatic N) is 1. The molecule has 1 rings (SSSR count). The smallest absolute Gasteiger partial charge is 0.543 e. The Hall–Kier alpha value is 1.68. The van der Waals surface area contributed by atoms with Crippen LogP contribution in [0.15, 0.2) is 18.6 Å². The molecule has 0 aromatic heterocycles. The Kier molecular flexibility index (Phi) is 10.8. The van der Waals surface area contributed by atoms with Crippen LogP contribution >= 0.6 is 45.2 Å². The van der Waals surface area contributed by atoms with E-state index in [9.17, 15) is 19.8 Å². The van der Waals surface area contributed by atoms with Crippen LogP contribution in [-0.2, 0) is 9.59 Å². The molecule has 0 aliphatic carbocycles. The predicted octanol–water partition coefficient (Wildman–Crippen LogP) is -6.88. The standard InChI is InChI=1S/C8H7I2NO4.2Na/c1-11-5(7(12)13)3(9)2-4(10)6(11)8(14)15;;/h2H2,1H3,(H,12,13)(H,14,15);;/q;2*+1/p-2. The molecule has 0 aromatic carbocycles. The van der Waals surface area contributed by atoms with Crippen molar-refractivity contribution in [3.8, 4) is 0 Å². The SMILES string of the molecule is CN1C(C(=O)[O-])=C(I)CC(I)=C1C(=O)[O-].[Na+].[Na+]. The fraction of sp³-hybridized carbons (Fsp3) is 0.250. The summed E-state index contributed by atoms with van der Waals surface area (Å²) in [4.78, 5) is 22.7. The summed E-state index contributed by atoms with van der Waals surface area (Å²) in [6.45, 7) is 0. The summed E-state index contributed by atoms with van der Waals surface area (Å²) in [5.41, 5.74) is -0.231. The van der Waals surface area contributed by atoms with Crippen LogP contribution in [0.5, 0.6) is 0 Å². The number of carbonyl (C=O) groups is 2. The molecule has 0 radical (unpaired) electrons. The first kappa shape index (κ1) is 21.0. The number of halogens is 2. The fourth-order valence-electron chi connectivity index (χ4n) is 1.27. The van der Waals surface area contributed by atoms with Gasteiger partial charge in [0.15, 0.2) is 0 Å². The van der Waals surface area contributed by atoms with Gasteiger partial charge in [-0.3, -0.25) is 0 Å². The maximum Gasteiger partial charge on any atom is 1.00 e. The van der Waals surface area contributed by atoms with Gasteiger partial charge in [0.25, 0.3) is 0 Å². The molecule has 0 spiro atoms. The van der Waals surface area contributed by atoms with Crippen LogP contribution in [0, 0.1) is 0 Å². The maximum absolute atomic E-state index is 10.8. The van der Waals surface area contributed by atoms with Crippen molar-refractivity contribution in [1.82, 2.24) is 4.90 Å². The number of carboxylic acids is 2. The number of carboxylic acid groups (broad SMARTS) is 2. The van der Waals surface area contributed by atoms with E-state index < -0.39 is 11.9 Å². The number of allylic oxidation sites excluding steroid dienone is 2. The van der Waals surface area contributed by atoms with Crippen molar-refractivity contribution in [3.63, 3.8) is 0 Å². The first-order valence-electron chi connectivity index (χ1n) is 3.80. The van der Waals surface area contributed by atoms with Crippen molar-refractivity contribution in [3.05, 3.63) is 18.6 Å². The molecule has 0 amide bonds. The van der Waals surface area contributed by atoms with Crippen molar-refractivity contribution < 1.29 is 78.9 Å². The van der Waals surface area contributed by atoms with Gasteiger partial charge in [-0.1, -0.05) is 0 Å². The van der Waals surface area contributed by atoms with Gasteiger partial charge < -0.3 is 24.7 Å². The Balaban J connectivity index is 0. The van der Waals surface area contributed by atoms with Crippen molar-refractivity contribution in [1.29, 1.82) is 0 Å². The summed E-state index contributed by atoms with van der Waals surface area (Å²) in [5, 5.41) is 21.6. The largest absolute Gasteiger partial charge is 1.00 e. The summed E-state index contributed by atoms with van der Waals surface area (Å²) in [5.74, 6) is -2.77. The van der Waals surface area contributed by atoms with E-state index in [1.807, 2.05) is 45.2 Å². The molecule has 0 N–H and O–H groups in total. The zero-order valence-electron chi connectivity index (χ0n) is 9.54. The molecule has 1 aliphatic rings. The third-order valence-corrected chi connectivity index (χ3v) is 3.67. The molecule has 0 saturated heterocycles. The molecule has 17 heavy (non-hydrogen) atoms. The first-order chi connectivity index (χ1) is 6.86. The van der Waals surface area contributed by atoms with Gasteiger partial charge in [-0.15, -0.1) is 0 Å². The fourth-order valence-corrected chi connectivity index (χ4v) is 3.93. The zero-order valence-corrected chi connectivity index (χ0v) is 17.9. The minimum atomic E-state index is -1.38. The van der Waals surface area contributed by atoms with E-state index >= 15 is 0 Å². The average Bonchev–Trinajstić information content (AvgIpc) is 1.99. The predicted molar refractivity (Wildman–Crippen MR) is 64.5 cm³/mol. The van der Waals surface area contributed by atoms with Gasteiger partial charge in [0.1, 0.15) is 0 Å². The molecule has 0 fully saturated rings. The van der Waals surface area contributed by atoms with Crippen LogP contribution in [0.1, 0.15) is 6.42 Å². The summed E-state index contributed by atoms with van der Waals surface area (Å²) < 4.78 is 1.09. The number of rotatable bonds is 2. The van der Waals surface area contributed by atoms with E-state index in [2.05, 4.69) is 0 Å². The minimum absolute atomic E-state index is 0. The molecule has 0 atom stereocenters. The first-order valence-corrected chi connectivity index (χ1v) is 5.95. The van der Waals surface area contributed by atoms with Crippen molar-refractivity contribution in [2.24, 2.45) is 0 Å². The molecule has 1 heterocycles. The Bertz CT molecular complexity index is 372. The van der Waals surface area contributed by atoms with Gasteiger partial charge in [-0.25, -0.2) is 0 Å². The van der Waals surface area contributed by atoms with Gasteiger partial charge in [0, 0.05) is 20.6 Å². The number of hydrogen-bond acceptors (Lipinski definition) is 5. The van der Waals surface area contributed by atoms with Gasteiger partial charge >= 0.3 is 59.1 Å². The monoisotopic (exact) mass is 479 g/mol. The summed E-state index contributed by atoms with van der Waals surface area (Å²) in [6.07, 6.45) is 0.290. The Morgan fingerprint density at radius 1 is 1.06 bits per heavy atom. The minimum Gasteiger partial charge on any atom is -0.543 e. The molecule has 0 saturated carbocycles. The van der Waals surface area contributed by atoms with E-state index in [4.69, 9.17) is 0 Å². The second kappa shape index (κ2) is 8.77. The molecule has 0 aromatic rings. The van der Waals surface area contributed by atoms with Gasteiger partial charge in [0.05, 0.1) is 23.3 Å². The van der Waals surface area contributed by atoms with Crippen molar-refractivity contribution >= 4 is 57.1 Å². The Morgan fingerprint density at radius 3 is 1.59 bits per heavy atom. The quantitative estimate of drug-likeness (QED) is 0.291. The van der Waals surface area contributed by atoms with E-state index in [0.717, 1.165) is 4.90 Å². The zero-order chi connectivity index (χ0) is 11.7. The molecule has 0 unspecified atom stereocenters. The third kappa shape index (κ3) is 4.93. The van der Waals surface area contributed by atoms with Crippen molar-refractivity contribution in [2.75, 3.05) is 7.05 Å². The topological polar surface area (TPSA) is 83.5 Å². The summed E-state index contributed by atoms with van der Waals surface area (Å²) in [6, 6.07) is 0. The van der Waals surface area contributed by atoms with Crippen LogP contribution in [0.3, 0.4) is 0 Å². The van der Waals surface area contributed by atoms with Gasteiger partial charge in [-0.05, 0) is 45.2 Å². The second-order valence-electron chi connectivity index (χ2n) is 2.82. The van der Waals surface area contributed by atoms with E-state index in [1.165, 1.54) is 7.05 Å². The number of hydrogen-bond donors (Lipinski definition) is 0. The Labute approximate surface area is 170 Å². The van der Waals surface area contributed by atoms with Crippen LogP contribution in [0.25, 0.3) is 0 Å². The summed E-state index contributed by atoms with van der Waals surface area (Å²) in [7, 11) is 1.37. The van der Waals surface area contributed by atoms with Crippen LogP contribution in [0.2, 0.25) is 0 Å². The van der Waals surface area contributed by atoms with Crippen molar-refractivity contribution in [2.45, 2.75) is 6.42 Å². The van der Waals surface area contributed by atoms with E-state index in [1.54, 1.807) is 0 Å². The molecular weight excluding hydrogens is 474 g/mol. The maximum atomic E-state index is 10.8.